The molecule has 0 saturated carbocycles. The van der Waals surface area contributed by atoms with E-state index in [1.807, 2.05) is 5.38 Å². The van der Waals surface area contributed by atoms with Crippen molar-refractivity contribution < 1.29 is 4.79 Å². The predicted octanol–water partition coefficient (Wildman–Crippen LogP) is 3.15. The van der Waals surface area contributed by atoms with E-state index in [4.69, 9.17) is 5.73 Å². The van der Waals surface area contributed by atoms with Gasteiger partial charge in [0.05, 0.1) is 5.01 Å². The minimum atomic E-state index is -0.0472. The molecule has 0 saturated heterocycles. The lowest BCUT2D eigenvalue weighted by Crippen LogP contribution is -2.35. The summed E-state index contributed by atoms with van der Waals surface area (Å²) in [6, 6.07) is 0.275. The van der Waals surface area contributed by atoms with Crippen molar-refractivity contribution in [2.75, 3.05) is 6.54 Å². The molecule has 20 heavy (non-hydrogen) atoms. The van der Waals surface area contributed by atoms with Gasteiger partial charge in [-0.05, 0) is 19.4 Å². The van der Waals surface area contributed by atoms with Gasteiger partial charge in [-0.2, -0.15) is 0 Å². The van der Waals surface area contributed by atoms with E-state index in [2.05, 4.69) is 24.1 Å². The van der Waals surface area contributed by atoms with Crippen molar-refractivity contribution >= 4 is 29.7 Å². The van der Waals surface area contributed by atoms with Crippen LogP contribution < -0.4 is 11.1 Å². The zero-order valence-electron chi connectivity index (χ0n) is 12.4. The summed E-state index contributed by atoms with van der Waals surface area (Å²) in [5, 5.41) is 5.86. The number of carbonyl (C=O) groups is 1. The monoisotopic (exact) mass is 319 g/mol. The molecule has 0 aromatic carbocycles. The Hall–Kier alpha value is -0.650. The average Bonchev–Trinajstić information content (AvgIpc) is 2.85. The third-order valence-corrected chi connectivity index (χ3v) is 3.93. The van der Waals surface area contributed by atoms with Gasteiger partial charge in [-0.25, -0.2) is 4.98 Å². The fourth-order valence-corrected chi connectivity index (χ4v) is 2.79. The van der Waals surface area contributed by atoms with Gasteiger partial charge in [0.15, 0.2) is 0 Å². The van der Waals surface area contributed by atoms with Crippen molar-refractivity contribution in [2.24, 2.45) is 5.73 Å². The molecule has 3 N–H and O–H groups in total. The quantitative estimate of drug-likeness (QED) is 0.734. The van der Waals surface area contributed by atoms with E-state index in [1.54, 1.807) is 0 Å². The van der Waals surface area contributed by atoms with Crippen LogP contribution in [-0.4, -0.2) is 23.5 Å². The number of amides is 1. The van der Waals surface area contributed by atoms with Gasteiger partial charge < -0.3 is 11.1 Å². The van der Waals surface area contributed by atoms with Crippen LogP contribution in [0.25, 0.3) is 0 Å². The summed E-state index contributed by atoms with van der Waals surface area (Å²) in [6.07, 6.45) is 6.23. The second-order valence-electron chi connectivity index (χ2n) is 4.77. The first-order chi connectivity index (χ1) is 9.21. The van der Waals surface area contributed by atoms with E-state index >= 15 is 0 Å². The maximum Gasteiger partial charge on any atom is 0.270 e. The van der Waals surface area contributed by atoms with Gasteiger partial charge in [0.1, 0.15) is 5.69 Å². The number of thiazole rings is 1. The van der Waals surface area contributed by atoms with Crippen LogP contribution in [-0.2, 0) is 6.42 Å². The van der Waals surface area contributed by atoms with Crippen molar-refractivity contribution in [1.82, 2.24) is 10.3 Å². The molecule has 1 amide bonds. The van der Waals surface area contributed by atoms with E-state index in [-0.39, 0.29) is 24.4 Å². The minimum absolute atomic E-state index is 0. The lowest BCUT2D eigenvalue weighted by Gasteiger charge is -2.17. The first-order valence-corrected chi connectivity index (χ1v) is 8.04. The van der Waals surface area contributed by atoms with Crippen LogP contribution in [0.2, 0.25) is 0 Å². The molecule has 4 nitrogen and oxygen atoms in total. The number of aromatic nitrogens is 1. The Bertz CT molecular complexity index is 384. The highest BCUT2D eigenvalue weighted by atomic mass is 35.5. The molecule has 0 radical (unpaired) electrons. The fraction of sp³-hybridized carbons (Fsp3) is 0.714. The van der Waals surface area contributed by atoms with Gasteiger partial charge in [-0.3, -0.25) is 4.79 Å². The van der Waals surface area contributed by atoms with Crippen LogP contribution in [0.15, 0.2) is 5.38 Å². The SMILES string of the molecule is CCCCC(CCC)NC(=O)c1csc(CCN)n1.Cl. The Balaban J connectivity index is 0.00000361. The average molecular weight is 320 g/mol. The number of hydrogen-bond donors (Lipinski definition) is 2. The number of unbranched alkanes of at least 4 members (excludes halogenated alkanes) is 1. The van der Waals surface area contributed by atoms with E-state index in [0.717, 1.165) is 43.5 Å². The highest BCUT2D eigenvalue weighted by molar-refractivity contribution is 7.09. The zero-order chi connectivity index (χ0) is 14.1. The molecule has 1 aromatic heterocycles. The van der Waals surface area contributed by atoms with Crippen LogP contribution in [0.3, 0.4) is 0 Å². The number of nitrogens with one attached hydrogen (secondary N) is 1. The first kappa shape index (κ1) is 19.4. The van der Waals surface area contributed by atoms with Crippen LogP contribution in [0.5, 0.6) is 0 Å². The summed E-state index contributed by atoms with van der Waals surface area (Å²) in [5.74, 6) is -0.0472. The Morgan fingerprint density at radius 3 is 2.75 bits per heavy atom. The maximum atomic E-state index is 12.1. The van der Waals surface area contributed by atoms with E-state index in [9.17, 15) is 4.79 Å². The highest BCUT2D eigenvalue weighted by Gasteiger charge is 2.15. The summed E-state index contributed by atoms with van der Waals surface area (Å²) in [6.45, 7) is 4.89. The van der Waals surface area contributed by atoms with Gasteiger partial charge in [0.25, 0.3) is 5.91 Å². The number of nitrogens with zero attached hydrogens (tertiary/aromatic N) is 1. The van der Waals surface area contributed by atoms with E-state index in [1.165, 1.54) is 11.3 Å². The summed E-state index contributed by atoms with van der Waals surface area (Å²) in [5.41, 5.74) is 6.02. The Morgan fingerprint density at radius 1 is 1.40 bits per heavy atom. The maximum absolute atomic E-state index is 12.1. The molecular formula is C14H26ClN3OS. The molecule has 116 valence electrons. The standard InChI is InChI=1S/C14H25N3OS.ClH/c1-3-5-7-11(6-4-2)16-14(18)12-10-19-13(17-12)8-9-15;/h10-11H,3-9,15H2,1-2H3,(H,16,18);1H. The van der Waals surface area contributed by atoms with Crippen molar-refractivity contribution in [2.45, 2.75) is 58.4 Å². The summed E-state index contributed by atoms with van der Waals surface area (Å²) in [4.78, 5) is 16.4. The predicted molar refractivity (Wildman–Crippen MR) is 87.8 cm³/mol. The van der Waals surface area contributed by atoms with Crippen molar-refractivity contribution in [3.63, 3.8) is 0 Å². The number of hydrogen-bond acceptors (Lipinski definition) is 4. The Labute approximate surface area is 132 Å². The smallest absolute Gasteiger partial charge is 0.270 e. The molecule has 1 aromatic rings. The lowest BCUT2D eigenvalue weighted by molar-refractivity contribution is 0.0927. The second-order valence-corrected chi connectivity index (χ2v) is 5.71. The largest absolute Gasteiger partial charge is 0.348 e. The number of rotatable bonds is 9. The first-order valence-electron chi connectivity index (χ1n) is 7.16. The molecule has 1 unspecified atom stereocenters. The van der Waals surface area contributed by atoms with E-state index < -0.39 is 0 Å². The Kier molecular flexibility index (Phi) is 10.7. The molecule has 0 aliphatic rings. The van der Waals surface area contributed by atoms with Crippen molar-refractivity contribution in [1.29, 1.82) is 0 Å². The summed E-state index contributed by atoms with van der Waals surface area (Å²) >= 11 is 1.51. The third-order valence-electron chi connectivity index (χ3n) is 3.02. The molecule has 1 rings (SSSR count). The van der Waals surface area contributed by atoms with Gasteiger partial charge in [0.2, 0.25) is 0 Å². The zero-order valence-corrected chi connectivity index (χ0v) is 14.0. The molecule has 6 heteroatoms. The summed E-state index contributed by atoms with van der Waals surface area (Å²) in [7, 11) is 0. The van der Waals surface area contributed by atoms with Gasteiger partial charge in [0, 0.05) is 17.8 Å². The molecule has 0 fully saturated rings. The molecule has 1 atom stereocenters. The molecule has 0 bridgehead atoms. The van der Waals surface area contributed by atoms with Gasteiger partial charge >= 0.3 is 0 Å². The minimum Gasteiger partial charge on any atom is -0.348 e. The van der Waals surface area contributed by atoms with Crippen molar-refractivity contribution in [3.05, 3.63) is 16.1 Å². The van der Waals surface area contributed by atoms with Gasteiger partial charge in [-0.1, -0.05) is 33.1 Å². The lowest BCUT2D eigenvalue weighted by atomic mass is 10.1. The van der Waals surface area contributed by atoms with Crippen LogP contribution in [0.1, 0.15) is 61.4 Å². The summed E-state index contributed by atoms with van der Waals surface area (Å²) < 4.78 is 0. The molecule has 0 spiro atoms. The normalized spacial score (nSPS) is 11.8. The number of carbonyl (C=O) groups excluding carboxylic acids is 1. The van der Waals surface area contributed by atoms with Crippen molar-refractivity contribution in [3.8, 4) is 0 Å². The molecule has 0 aliphatic heterocycles. The fourth-order valence-electron chi connectivity index (χ4n) is 2.00. The topological polar surface area (TPSA) is 68.0 Å². The number of nitrogens with two attached hydrogens (primary N) is 1. The molecule has 1 heterocycles. The van der Waals surface area contributed by atoms with E-state index in [0.29, 0.717) is 12.2 Å². The van der Waals surface area contributed by atoms with Crippen LogP contribution >= 0.6 is 23.7 Å². The molecular weight excluding hydrogens is 294 g/mol. The van der Waals surface area contributed by atoms with Crippen LogP contribution in [0.4, 0.5) is 0 Å². The third kappa shape index (κ3) is 6.68. The van der Waals surface area contributed by atoms with Crippen LogP contribution in [0, 0.1) is 0 Å². The number of halogens is 1. The second kappa shape index (κ2) is 11.1. The molecule has 0 aliphatic carbocycles. The Morgan fingerprint density at radius 2 is 2.15 bits per heavy atom. The highest BCUT2D eigenvalue weighted by Crippen LogP contribution is 2.12. The van der Waals surface area contributed by atoms with Gasteiger partial charge in [-0.15, -0.1) is 23.7 Å².